The largest absolute Gasteiger partial charge is 0.462 e. The summed E-state index contributed by atoms with van der Waals surface area (Å²) in [6.07, 6.45) is 99.2. The summed E-state index contributed by atoms with van der Waals surface area (Å²) in [5.41, 5.74) is 0. The Bertz CT molecular complexity index is 1550. The number of unbranched alkanes of at least 4 members (excludes halogenated alkanes) is 32. The van der Waals surface area contributed by atoms with Crippen molar-refractivity contribution in [3.05, 3.63) is 122 Å². The van der Waals surface area contributed by atoms with E-state index in [1.54, 1.807) is 0 Å². The van der Waals surface area contributed by atoms with Crippen LogP contribution in [0.4, 0.5) is 0 Å². The van der Waals surface area contributed by atoms with Crippen LogP contribution >= 0.6 is 0 Å². The van der Waals surface area contributed by atoms with Gasteiger partial charge in [-0.25, -0.2) is 0 Å². The second-order valence-electron chi connectivity index (χ2n) is 21.8. The van der Waals surface area contributed by atoms with Gasteiger partial charge in [-0.2, -0.15) is 0 Å². The zero-order valence-electron chi connectivity index (χ0n) is 51.1. The first kappa shape index (κ1) is 74.3. The minimum absolute atomic E-state index is 0.0689. The van der Waals surface area contributed by atoms with E-state index in [0.717, 1.165) is 103 Å². The molecule has 0 saturated heterocycles. The third kappa shape index (κ3) is 64.8. The highest BCUT2D eigenvalue weighted by molar-refractivity contribution is 5.70. The van der Waals surface area contributed by atoms with Gasteiger partial charge in [0.1, 0.15) is 6.61 Å². The molecule has 446 valence electrons. The maximum Gasteiger partial charge on any atom is 0.306 e. The Hall–Kier alpha value is -3.70. The van der Waals surface area contributed by atoms with E-state index in [1.165, 1.54) is 180 Å². The van der Waals surface area contributed by atoms with E-state index in [9.17, 15) is 14.7 Å². The average Bonchev–Trinajstić information content (AvgIpc) is 3.44. The van der Waals surface area contributed by atoms with Crippen molar-refractivity contribution in [1.29, 1.82) is 0 Å². The van der Waals surface area contributed by atoms with Gasteiger partial charge in [-0.15, -0.1) is 0 Å². The highest BCUT2D eigenvalue weighted by Gasteiger charge is 2.16. The van der Waals surface area contributed by atoms with Crippen molar-refractivity contribution >= 4 is 11.9 Å². The number of carbonyl (C=O) groups excluding carboxylic acids is 2. The fourth-order valence-corrected chi connectivity index (χ4v) is 9.35. The van der Waals surface area contributed by atoms with Gasteiger partial charge in [-0.1, -0.05) is 328 Å². The summed E-state index contributed by atoms with van der Waals surface area (Å²) in [5.74, 6) is -0.588. The van der Waals surface area contributed by atoms with Crippen LogP contribution in [0.2, 0.25) is 0 Å². The van der Waals surface area contributed by atoms with Crippen molar-refractivity contribution in [3.63, 3.8) is 0 Å². The average molecular weight is 1080 g/mol. The Labute approximate surface area is 483 Å². The molecule has 0 aliphatic carbocycles. The highest BCUT2D eigenvalue weighted by Crippen LogP contribution is 2.17. The smallest absolute Gasteiger partial charge is 0.306 e. The highest BCUT2D eigenvalue weighted by atomic mass is 16.6. The number of allylic oxidation sites excluding steroid dienone is 20. The molecule has 0 radical (unpaired) electrons. The van der Waals surface area contributed by atoms with Crippen molar-refractivity contribution in [2.45, 2.75) is 315 Å². The Morgan fingerprint density at radius 3 is 0.833 bits per heavy atom. The molecule has 0 spiro atoms. The van der Waals surface area contributed by atoms with Crippen molar-refractivity contribution in [2.24, 2.45) is 0 Å². The first-order valence-corrected chi connectivity index (χ1v) is 33.1. The first-order chi connectivity index (χ1) is 38.6. The van der Waals surface area contributed by atoms with Crippen LogP contribution in [0.25, 0.3) is 0 Å². The molecule has 0 aromatic carbocycles. The summed E-state index contributed by atoms with van der Waals surface area (Å²) in [6, 6.07) is 0. The van der Waals surface area contributed by atoms with Gasteiger partial charge in [-0.3, -0.25) is 9.59 Å². The molecule has 0 fully saturated rings. The van der Waals surface area contributed by atoms with Crippen LogP contribution in [-0.2, 0) is 19.1 Å². The van der Waals surface area contributed by atoms with Gasteiger partial charge in [-0.05, 0) is 89.9 Å². The lowest BCUT2D eigenvalue weighted by molar-refractivity contribution is -0.161. The molecule has 0 aliphatic heterocycles. The van der Waals surface area contributed by atoms with E-state index in [0.29, 0.717) is 12.8 Å². The van der Waals surface area contributed by atoms with Crippen LogP contribution in [0, 0.1) is 0 Å². The van der Waals surface area contributed by atoms with Gasteiger partial charge in [0.25, 0.3) is 0 Å². The normalized spacial score (nSPS) is 13.0. The fourth-order valence-electron chi connectivity index (χ4n) is 9.35. The summed E-state index contributed by atoms with van der Waals surface area (Å²) in [5, 5.41) is 9.68. The lowest BCUT2D eigenvalue weighted by atomic mass is 10.0. The molecule has 1 atom stereocenters. The monoisotopic (exact) mass is 1080 g/mol. The third-order valence-corrected chi connectivity index (χ3v) is 14.3. The number of hydrogen-bond acceptors (Lipinski definition) is 5. The predicted molar refractivity (Wildman–Crippen MR) is 343 cm³/mol. The van der Waals surface area contributed by atoms with Crippen molar-refractivity contribution in [1.82, 2.24) is 0 Å². The van der Waals surface area contributed by atoms with Gasteiger partial charge in [0.2, 0.25) is 0 Å². The molecule has 1 unspecified atom stereocenters. The van der Waals surface area contributed by atoms with E-state index >= 15 is 0 Å². The van der Waals surface area contributed by atoms with Gasteiger partial charge in [0, 0.05) is 12.8 Å². The van der Waals surface area contributed by atoms with Crippen LogP contribution in [0.3, 0.4) is 0 Å². The minimum Gasteiger partial charge on any atom is -0.462 e. The van der Waals surface area contributed by atoms with Gasteiger partial charge in [0.05, 0.1) is 6.61 Å². The number of aliphatic hydroxyl groups excluding tert-OH is 1. The summed E-state index contributed by atoms with van der Waals surface area (Å²) >= 11 is 0. The third-order valence-electron chi connectivity index (χ3n) is 14.3. The summed E-state index contributed by atoms with van der Waals surface area (Å²) < 4.78 is 10.7. The van der Waals surface area contributed by atoms with Crippen LogP contribution in [0.1, 0.15) is 309 Å². The molecule has 0 saturated carbocycles. The second-order valence-corrected chi connectivity index (χ2v) is 21.8. The van der Waals surface area contributed by atoms with Crippen LogP contribution in [0.5, 0.6) is 0 Å². The molecule has 0 amide bonds. The molecule has 1 N–H and O–H groups in total. The zero-order valence-corrected chi connectivity index (χ0v) is 51.1. The Morgan fingerprint density at radius 1 is 0.308 bits per heavy atom. The van der Waals surface area contributed by atoms with Gasteiger partial charge < -0.3 is 14.6 Å². The molecular weight excluding hydrogens is 957 g/mol. The van der Waals surface area contributed by atoms with E-state index in [1.807, 2.05) is 0 Å². The van der Waals surface area contributed by atoms with Crippen molar-refractivity contribution in [3.8, 4) is 0 Å². The molecule has 0 rings (SSSR count). The number of aliphatic hydroxyl groups is 1. The molecule has 0 aromatic heterocycles. The number of rotatable bonds is 60. The van der Waals surface area contributed by atoms with Crippen LogP contribution in [-0.4, -0.2) is 36.4 Å². The predicted octanol–water partition coefficient (Wildman–Crippen LogP) is 23.0. The van der Waals surface area contributed by atoms with Crippen LogP contribution < -0.4 is 0 Å². The molecular formula is C73H124O5. The van der Waals surface area contributed by atoms with Crippen molar-refractivity contribution < 1.29 is 24.2 Å². The lowest BCUT2D eigenvalue weighted by Crippen LogP contribution is -2.28. The quantitative estimate of drug-likeness (QED) is 0.0373. The Balaban J connectivity index is 3.54. The number of esters is 2. The lowest BCUT2D eigenvalue weighted by Gasteiger charge is -2.15. The van der Waals surface area contributed by atoms with Gasteiger partial charge >= 0.3 is 11.9 Å². The van der Waals surface area contributed by atoms with Crippen molar-refractivity contribution in [2.75, 3.05) is 13.2 Å². The molecule has 78 heavy (non-hydrogen) atoms. The van der Waals surface area contributed by atoms with Gasteiger partial charge in [0.15, 0.2) is 6.10 Å². The van der Waals surface area contributed by atoms with E-state index in [4.69, 9.17) is 9.47 Å². The summed E-state index contributed by atoms with van der Waals surface area (Å²) in [4.78, 5) is 24.6. The topological polar surface area (TPSA) is 72.8 Å². The number of ether oxygens (including phenoxy) is 2. The number of carbonyl (C=O) groups is 2. The molecule has 0 bridgehead atoms. The molecule has 0 aliphatic rings. The molecule has 0 heterocycles. The second kappa shape index (κ2) is 67.6. The van der Waals surface area contributed by atoms with E-state index < -0.39 is 6.10 Å². The standard InChI is InChI=1S/C73H124O5/c1-3-5-7-9-11-13-15-17-19-21-23-25-27-28-29-30-31-32-33-34-35-36-37-38-39-40-41-42-43-44-46-48-50-52-54-56-58-60-62-64-66-68-73(76)78-71(69-74)70-77-72(75)67-65-63-61-59-57-55-53-51-49-47-45-26-24-22-20-18-16-14-12-10-8-6-4-2/h5,7,11,13,17,19,23,25,28-29,31-32,34-35,37-38,40-41,43-44,71,74H,3-4,6,8-10,12,14-16,18,20-22,24,26-27,30,33,36,39,42,45-70H2,1-2H3/b7-5-,13-11-,19-17-,25-23-,29-28-,32-31-,35-34-,38-37-,41-40-,44-43-. The maximum absolute atomic E-state index is 12.3. The fraction of sp³-hybridized carbons (Fsp3) is 0.699. The van der Waals surface area contributed by atoms with E-state index in [-0.39, 0.29) is 25.2 Å². The zero-order chi connectivity index (χ0) is 56.2. The summed E-state index contributed by atoms with van der Waals surface area (Å²) in [7, 11) is 0. The SMILES string of the molecule is CC/C=C\C/C=C\C/C=C\C/C=C\C/C=C\C/C=C\C/C=C\C/C=C\C/C=C\C/C=C\CCCCCCCCCCCCC(=O)OC(CO)COC(=O)CCCCCCCCCCCCCCCCCCCCCCCCC. The Morgan fingerprint density at radius 2 is 0.551 bits per heavy atom. The maximum atomic E-state index is 12.3. The minimum atomic E-state index is -0.780. The van der Waals surface area contributed by atoms with Crippen LogP contribution in [0.15, 0.2) is 122 Å². The molecule has 5 heteroatoms. The molecule has 5 nitrogen and oxygen atoms in total. The first-order valence-electron chi connectivity index (χ1n) is 33.1. The molecule has 0 aromatic rings. The Kier molecular flexibility index (Phi) is 64.4. The summed E-state index contributed by atoms with van der Waals surface area (Å²) in [6.45, 7) is 4.05. The number of hydrogen-bond donors (Lipinski definition) is 1. The van der Waals surface area contributed by atoms with E-state index in [2.05, 4.69) is 135 Å².